The molecule has 0 radical (unpaired) electrons. The molecule has 0 unspecified atom stereocenters. The van der Waals surface area contributed by atoms with Gasteiger partial charge in [0.05, 0.1) is 21.7 Å². The number of aromatic nitrogens is 2. The lowest BCUT2D eigenvalue weighted by molar-refractivity contribution is -0.116. The summed E-state index contributed by atoms with van der Waals surface area (Å²) >= 11 is 9.56. The van der Waals surface area contributed by atoms with E-state index in [-0.39, 0.29) is 11.5 Å². The Morgan fingerprint density at radius 3 is 2.68 bits per heavy atom. The smallest absolute Gasteiger partial charge is 0.275 e. The van der Waals surface area contributed by atoms with Crippen molar-refractivity contribution in [3.8, 4) is 0 Å². The molecule has 28 heavy (non-hydrogen) atoms. The average Bonchev–Trinajstić information content (AvgIpc) is 3.16. The number of carbonyl (C=O) groups is 1. The van der Waals surface area contributed by atoms with Crippen molar-refractivity contribution in [2.75, 3.05) is 5.32 Å². The van der Waals surface area contributed by atoms with Crippen LogP contribution in [0.4, 0.5) is 5.69 Å². The Morgan fingerprint density at radius 2 is 1.86 bits per heavy atom. The monoisotopic (exact) mass is 457 g/mol. The third-order valence-corrected chi connectivity index (χ3v) is 5.46. The van der Waals surface area contributed by atoms with Gasteiger partial charge in [-0.25, -0.2) is 0 Å². The Bertz CT molecular complexity index is 1250. The van der Waals surface area contributed by atoms with E-state index < -0.39 is 0 Å². The summed E-state index contributed by atoms with van der Waals surface area (Å²) in [6.45, 7) is 0.448. The standard InChI is InChI=1S/C21H17BrClN3O2/c22-14-9-10-17-19(13-14)26(21(28)18-7-3-11-25(17)18)12-4-8-20(27)24-16-6-2-1-5-15(16)23/h1-3,5-7,9-11,13H,4,8,12H2,(H,24,27). The minimum atomic E-state index is -0.129. The maximum atomic E-state index is 12.9. The van der Waals surface area contributed by atoms with Gasteiger partial charge in [0.1, 0.15) is 5.52 Å². The molecule has 0 saturated carbocycles. The van der Waals surface area contributed by atoms with Gasteiger partial charge in [0.15, 0.2) is 0 Å². The van der Waals surface area contributed by atoms with E-state index in [1.165, 1.54) is 0 Å². The third kappa shape index (κ3) is 3.57. The Balaban J connectivity index is 1.57. The number of amides is 1. The number of nitrogens with one attached hydrogen (secondary N) is 1. The van der Waals surface area contributed by atoms with E-state index in [0.29, 0.717) is 35.6 Å². The van der Waals surface area contributed by atoms with Gasteiger partial charge in [-0.05, 0) is 48.9 Å². The summed E-state index contributed by atoms with van der Waals surface area (Å²) in [5, 5.41) is 3.31. The van der Waals surface area contributed by atoms with E-state index in [0.717, 1.165) is 15.5 Å². The lowest BCUT2D eigenvalue weighted by Crippen LogP contribution is -2.23. The quantitative estimate of drug-likeness (QED) is 0.453. The molecule has 1 amide bonds. The predicted molar refractivity (Wildman–Crippen MR) is 116 cm³/mol. The van der Waals surface area contributed by atoms with E-state index in [4.69, 9.17) is 11.6 Å². The van der Waals surface area contributed by atoms with Crippen molar-refractivity contribution in [2.45, 2.75) is 19.4 Å². The fourth-order valence-electron chi connectivity index (χ4n) is 3.32. The lowest BCUT2D eigenvalue weighted by Gasteiger charge is -2.13. The van der Waals surface area contributed by atoms with Gasteiger partial charge in [0.25, 0.3) is 5.56 Å². The fraction of sp³-hybridized carbons (Fsp3) is 0.143. The van der Waals surface area contributed by atoms with Gasteiger partial charge >= 0.3 is 0 Å². The first-order chi connectivity index (χ1) is 13.5. The molecule has 0 bridgehead atoms. The maximum Gasteiger partial charge on any atom is 0.275 e. The fourth-order valence-corrected chi connectivity index (χ4v) is 3.86. The first-order valence-electron chi connectivity index (χ1n) is 8.88. The maximum absolute atomic E-state index is 12.9. The van der Waals surface area contributed by atoms with Crippen molar-refractivity contribution in [3.63, 3.8) is 0 Å². The van der Waals surface area contributed by atoms with Gasteiger partial charge in [-0.2, -0.15) is 0 Å². The molecule has 0 aliphatic rings. The van der Waals surface area contributed by atoms with Crippen molar-refractivity contribution >= 4 is 55.7 Å². The molecule has 4 rings (SSSR count). The van der Waals surface area contributed by atoms with Crippen LogP contribution in [0, 0.1) is 0 Å². The number of nitrogens with zero attached hydrogens (tertiary/aromatic N) is 2. The third-order valence-electron chi connectivity index (χ3n) is 4.63. The van der Waals surface area contributed by atoms with Crippen LogP contribution in [-0.4, -0.2) is 14.9 Å². The Labute approximate surface area is 174 Å². The van der Waals surface area contributed by atoms with Crippen LogP contribution in [0.1, 0.15) is 12.8 Å². The highest BCUT2D eigenvalue weighted by molar-refractivity contribution is 9.10. The van der Waals surface area contributed by atoms with Crippen molar-refractivity contribution in [1.82, 2.24) is 8.97 Å². The van der Waals surface area contributed by atoms with Crippen LogP contribution in [0.2, 0.25) is 5.02 Å². The summed E-state index contributed by atoms with van der Waals surface area (Å²) in [7, 11) is 0. The summed E-state index contributed by atoms with van der Waals surface area (Å²) in [6, 6.07) is 16.6. The number of anilines is 1. The number of rotatable bonds is 5. The molecule has 0 atom stereocenters. The zero-order valence-electron chi connectivity index (χ0n) is 14.9. The van der Waals surface area contributed by atoms with Crippen LogP contribution in [0.3, 0.4) is 0 Å². The number of fused-ring (bicyclic) bond motifs is 3. The summed E-state index contributed by atoms with van der Waals surface area (Å²) in [4.78, 5) is 25.2. The summed E-state index contributed by atoms with van der Waals surface area (Å²) in [5.41, 5.74) is 2.92. The molecular weight excluding hydrogens is 442 g/mol. The molecule has 0 fully saturated rings. The van der Waals surface area contributed by atoms with Gasteiger partial charge in [0, 0.05) is 23.6 Å². The van der Waals surface area contributed by atoms with Gasteiger partial charge < -0.3 is 14.3 Å². The van der Waals surface area contributed by atoms with E-state index in [1.807, 2.05) is 53.1 Å². The molecule has 2 heterocycles. The Hall–Kier alpha value is -2.57. The minimum absolute atomic E-state index is 0.0675. The normalized spacial score (nSPS) is 11.2. The molecule has 0 saturated heterocycles. The predicted octanol–water partition coefficient (Wildman–Crippen LogP) is 5.09. The van der Waals surface area contributed by atoms with Gasteiger partial charge in [-0.15, -0.1) is 0 Å². The van der Waals surface area contributed by atoms with Gasteiger partial charge in [-0.1, -0.05) is 39.7 Å². The Morgan fingerprint density at radius 1 is 1.04 bits per heavy atom. The van der Waals surface area contributed by atoms with Crippen LogP contribution in [0.15, 0.2) is 70.1 Å². The molecule has 0 aliphatic heterocycles. The van der Waals surface area contributed by atoms with Crippen LogP contribution in [0.25, 0.3) is 16.6 Å². The van der Waals surface area contributed by atoms with Crippen LogP contribution in [-0.2, 0) is 11.3 Å². The topological polar surface area (TPSA) is 55.5 Å². The van der Waals surface area contributed by atoms with Crippen molar-refractivity contribution in [1.29, 1.82) is 0 Å². The van der Waals surface area contributed by atoms with E-state index in [9.17, 15) is 9.59 Å². The second-order valence-electron chi connectivity index (χ2n) is 6.48. The molecular formula is C21H17BrClN3O2. The number of hydrogen-bond acceptors (Lipinski definition) is 2. The summed E-state index contributed by atoms with van der Waals surface area (Å²) in [6.07, 6.45) is 2.71. The first kappa shape index (κ1) is 18.8. The number of halogens is 2. The van der Waals surface area contributed by atoms with Crippen LogP contribution < -0.4 is 10.9 Å². The van der Waals surface area contributed by atoms with Gasteiger partial charge in [-0.3, -0.25) is 9.59 Å². The Kier molecular flexibility index (Phi) is 5.24. The second kappa shape index (κ2) is 7.81. The zero-order chi connectivity index (χ0) is 19.7. The van der Waals surface area contributed by atoms with Gasteiger partial charge in [0.2, 0.25) is 5.91 Å². The lowest BCUT2D eigenvalue weighted by atomic mass is 10.2. The van der Waals surface area contributed by atoms with Crippen molar-refractivity contribution < 1.29 is 4.79 Å². The van der Waals surface area contributed by atoms with Crippen LogP contribution in [0.5, 0.6) is 0 Å². The number of aryl methyl sites for hydroxylation is 1. The molecule has 4 aromatic rings. The van der Waals surface area contributed by atoms with Crippen molar-refractivity contribution in [3.05, 3.63) is 80.6 Å². The number of carbonyl (C=O) groups excluding carboxylic acids is 1. The first-order valence-corrected chi connectivity index (χ1v) is 10.1. The van der Waals surface area contributed by atoms with E-state index in [2.05, 4.69) is 21.2 Å². The summed E-state index contributed by atoms with van der Waals surface area (Å²) in [5.74, 6) is -0.129. The van der Waals surface area contributed by atoms with E-state index in [1.54, 1.807) is 16.7 Å². The highest BCUT2D eigenvalue weighted by Gasteiger charge is 2.12. The second-order valence-corrected chi connectivity index (χ2v) is 7.81. The molecule has 1 N–H and O–H groups in total. The van der Waals surface area contributed by atoms with Crippen molar-refractivity contribution in [2.24, 2.45) is 0 Å². The molecule has 2 aromatic carbocycles. The molecule has 142 valence electrons. The largest absolute Gasteiger partial charge is 0.325 e. The average molecular weight is 459 g/mol. The molecule has 0 aliphatic carbocycles. The SMILES string of the molecule is O=C(CCCn1c(=O)c2cccn2c2ccc(Br)cc21)Nc1ccccc1Cl. The van der Waals surface area contributed by atoms with Crippen LogP contribution >= 0.6 is 27.5 Å². The number of benzene rings is 2. The molecule has 5 nitrogen and oxygen atoms in total. The minimum Gasteiger partial charge on any atom is -0.325 e. The summed E-state index contributed by atoms with van der Waals surface area (Å²) < 4.78 is 4.53. The molecule has 2 aromatic heterocycles. The highest BCUT2D eigenvalue weighted by atomic mass is 79.9. The number of hydrogen-bond donors (Lipinski definition) is 1. The zero-order valence-corrected chi connectivity index (χ0v) is 17.2. The highest BCUT2D eigenvalue weighted by Crippen LogP contribution is 2.22. The number of para-hydroxylation sites is 1. The molecule has 0 spiro atoms. The van der Waals surface area contributed by atoms with E-state index >= 15 is 0 Å². The molecule has 7 heteroatoms.